The van der Waals surface area contributed by atoms with Crippen LogP contribution in [0.5, 0.6) is 0 Å². The van der Waals surface area contributed by atoms with E-state index in [9.17, 15) is 0 Å². The summed E-state index contributed by atoms with van der Waals surface area (Å²) in [6.07, 6.45) is 0. The first kappa shape index (κ1) is 24.7. The van der Waals surface area contributed by atoms with E-state index >= 15 is 0 Å². The van der Waals surface area contributed by atoms with E-state index in [1.54, 1.807) is 0 Å². The zero-order valence-electron chi connectivity index (χ0n) is 22.6. The Hall–Kier alpha value is -5.06. The summed E-state index contributed by atoms with van der Waals surface area (Å²) >= 11 is 3.75. The summed E-state index contributed by atoms with van der Waals surface area (Å²) in [6.45, 7) is 0. The molecule has 3 nitrogen and oxygen atoms in total. The molecule has 0 saturated carbocycles. The maximum atomic E-state index is 5.14. The highest BCUT2D eigenvalue weighted by atomic mass is 79.9. The largest absolute Gasteiger partial charge is 0.309 e. The Balaban J connectivity index is 1.39. The lowest BCUT2D eigenvalue weighted by molar-refractivity contribution is 1.18. The van der Waals surface area contributed by atoms with Gasteiger partial charge in [-0.2, -0.15) is 0 Å². The van der Waals surface area contributed by atoms with Gasteiger partial charge in [0.25, 0.3) is 0 Å². The fraction of sp³-hybridized carbons (Fsp3) is 0. The Bertz CT molecular complexity index is 2250. The van der Waals surface area contributed by atoms with Crippen LogP contribution in [0.2, 0.25) is 0 Å². The van der Waals surface area contributed by atoms with Gasteiger partial charge >= 0.3 is 0 Å². The van der Waals surface area contributed by atoms with Gasteiger partial charge in [0.2, 0.25) is 0 Å². The normalized spacial score (nSPS) is 11.5. The average Bonchev–Trinajstić information content (AvgIpc) is 3.38. The smallest absolute Gasteiger partial charge is 0.160 e. The van der Waals surface area contributed by atoms with E-state index in [2.05, 4.69) is 142 Å². The van der Waals surface area contributed by atoms with Crippen LogP contribution in [0, 0.1) is 0 Å². The number of hydrogen-bond acceptors (Lipinski definition) is 2. The third-order valence-corrected chi connectivity index (χ3v) is 8.57. The lowest BCUT2D eigenvalue weighted by atomic mass is 10.0. The van der Waals surface area contributed by atoms with Crippen molar-refractivity contribution in [2.75, 3.05) is 0 Å². The molecule has 0 aliphatic carbocycles. The van der Waals surface area contributed by atoms with Crippen molar-refractivity contribution in [3.8, 4) is 39.5 Å². The summed E-state index contributed by atoms with van der Waals surface area (Å²) in [5, 5.41) is 3.45. The number of rotatable bonds is 4. The van der Waals surface area contributed by atoms with Crippen molar-refractivity contribution in [3.05, 3.63) is 150 Å². The predicted molar refractivity (Wildman–Crippen MR) is 178 cm³/mol. The average molecular weight is 603 g/mol. The molecule has 2 aromatic heterocycles. The van der Waals surface area contributed by atoms with Crippen LogP contribution >= 0.6 is 15.9 Å². The highest BCUT2D eigenvalue weighted by Crippen LogP contribution is 2.38. The molecule has 0 fully saturated rings. The standard InChI is InChI=1S/C38H24BrN3/c39-33-17-9-7-15-29(33)26-19-21-30-31-22-20-27(24-36(31)42(35(30)23-26)28-13-5-2-6-14-28)38-40-34-18-10-8-16-32(34)37(41-38)25-11-3-1-4-12-25/h1-24H. The number of nitrogens with zero attached hydrogens (tertiary/aromatic N) is 3. The van der Waals surface area contributed by atoms with Gasteiger partial charge in [0.15, 0.2) is 5.82 Å². The summed E-state index contributed by atoms with van der Waals surface area (Å²) in [5.41, 5.74) is 9.67. The number of benzene rings is 6. The second-order valence-electron chi connectivity index (χ2n) is 10.4. The van der Waals surface area contributed by atoms with E-state index in [-0.39, 0.29) is 0 Å². The monoisotopic (exact) mass is 601 g/mol. The van der Waals surface area contributed by atoms with E-state index < -0.39 is 0 Å². The van der Waals surface area contributed by atoms with Gasteiger partial charge in [-0.25, -0.2) is 9.97 Å². The molecule has 8 aromatic rings. The van der Waals surface area contributed by atoms with Crippen molar-refractivity contribution >= 4 is 48.6 Å². The Morgan fingerprint density at radius 1 is 0.476 bits per heavy atom. The van der Waals surface area contributed by atoms with Crippen LogP contribution < -0.4 is 0 Å². The molecule has 8 rings (SSSR count). The summed E-state index contributed by atoms with van der Waals surface area (Å²) in [7, 11) is 0. The molecule has 0 N–H and O–H groups in total. The summed E-state index contributed by atoms with van der Waals surface area (Å²) < 4.78 is 3.44. The Labute approximate surface area is 251 Å². The second kappa shape index (κ2) is 10.1. The van der Waals surface area contributed by atoms with Crippen LogP contribution in [0.25, 0.3) is 72.2 Å². The van der Waals surface area contributed by atoms with Crippen molar-refractivity contribution in [2.24, 2.45) is 0 Å². The van der Waals surface area contributed by atoms with E-state index in [1.165, 1.54) is 21.9 Å². The molecule has 198 valence electrons. The molecule has 0 saturated heterocycles. The van der Waals surface area contributed by atoms with Crippen molar-refractivity contribution in [2.45, 2.75) is 0 Å². The van der Waals surface area contributed by atoms with Gasteiger partial charge in [-0.3, -0.25) is 0 Å². The zero-order valence-corrected chi connectivity index (χ0v) is 24.2. The molecule has 0 aliphatic heterocycles. The summed E-state index contributed by atoms with van der Waals surface area (Å²) in [5.74, 6) is 0.716. The summed E-state index contributed by atoms with van der Waals surface area (Å²) in [4.78, 5) is 10.2. The van der Waals surface area contributed by atoms with Crippen LogP contribution in [-0.4, -0.2) is 14.5 Å². The first-order valence-corrected chi connectivity index (χ1v) is 14.7. The second-order valence-corrected chi connectivity index (χ2v) is 11.2. The lowest BCUT2D eigenvalue weighted by Crippen LogP contribution is -1.96. The van der Waals surface area contributed by atoms with E-state index in [4.69, 9.17) is 9.97 Å². The number of para-hydroxylation sites is 2. The minimum Gasteiger partial charge on any atom is -0.309 e. The molecular weight excluding hydrogens is 578 g/mol. The number of halogens is 1. The van der Waals surface area contributed by atoms with E-state index in [1.807, 2.05) is 24.3 Å². The molecule has 0 bridgehead atoms. The Morgan fingerprint density at radius 3 is 1.86 bits per heavy atom. The van der Waals surface area contributed by atoms with E-state index in [0.717, 1.165) is 48.9 Å². The molecule has 2 heterocycles. The van der Waals surface area contributed by atoms with Crippen LogP contribution in [0.15, 0.2) is 150 Å². The van der Waals surface area contributed by atoms with Crippen LogP contribution in [0.3, 0.4) is 0 Å². The molecule has 6 aromatic carbocycles. The molecular formula is C38H24BrN3. The molecule has 0 atom stereocenters. The van der Waals surface area contributed by atoms with Crippen molar-refractivity contribution < 1.29 is 0 Å². The van der Waals surface area contributed by atoms with Gasteiger partial charge in [0.1, 0.15) is 0 Å². The van der Waals surface area contributed by atoms with Crippen LogP contribution in [-0.2, 0) is 0 Å². The third-order valence-electron chi connectivity index (χ3n) is 7.88. The van der Waals surface area contributed by atoms with Crippen molar-refractivity contribution in [3.63, 3.8) is 0 Å². The summed E-state index contributed by atoms with van der Waals surface area (Å²) in [6, 6.07) is 50.9. The lowest BCUT2D eigenvalue weighted by Gasteiger charge is -2.11. The number of hydrogen-bond donors (Lipinski definition) is 0. The molecule has 0 radical (unpaired) electrons. The van der Waals surface area contributed by atoms with Crippen LogP contribution in [0.1, 0.15) is 0 Å². The highest BCUT2D eigenvalue weighted by Gasteiger charge is 2.17. The fourth-order valence-electron chi connectivity index (χ4n) is 5.90. The van der Waals surface area contributed by atoms with Gasteiger partial charge < -0.3 is 4.57 Å². The van der Waals surface area contributed by atoms with Gasteiger partial charge in [-0.1, -0.05) is 125 Å². The maximum absolute atomic E-state index is 5.14. The molecule has 0 aliphatic rings. The quantitative estimate of drug-likeness (QED) is 0.201. The highest BCUT2D eigenvalue weighted by molar-refractivity contribution is 9.10. The molecule has 0 amide bonds. The fourth-order valence-corrected chi connectivity index (χ4v) is 6.41. The SMILES string of the molecule is Brc1ccccc1-c1ccc2c3ccc(-c4nc(-c5ccccc5)c5ccccc5n4)cc3n(-c3ccccc3)c2c1. The van der Waals surface area contributed by atoms with Gasteiger partial charge in [0.05, 0.1) is 22.2 Å². The minimum atomic E-state index is 0.716. The first-order chi connectivity index (χ1) is 20.7. The Kier molecular flexibility index (Phi) is 5.94. The van der Waals surface area contributed by atoms with Crippen LogP contribution in [0.4, 0.5) is 0 Å². The number of fused-ring (bicyclic) bond motifs is 4. The van der Waals surface area contributed by atoms with Crippen molar-refractivity contribution in [1.82, 2.24) is 14.5 Å². The van der Waals surface area contributed by atoms with E-state index in [0.29, 0.717) is 5.82 Å². The predicted octanol–water partition coefficient (Wildman–Crippen LogP) is 10.5. The van der Waals surface area contributed by atoms with Gasteiger partial charge in [-0.05, 0) is 47.5 Å². The minimum absolute atomic E-state index is 0.716. The molecule has 42 heavy (non-hydrogen) atoms. The zero-order chi connectivity index (χ0) is 28.0. The molecule has 0 unspecified atom stereocenters. The maximum Gasteiger partial charge on any atom is 0.160 e. The van der Waals surface area contributed by atoms with Gasteiger partial charge in [0, 0.05) is 37.4 Å². The topological polar surface area (TPSA) is 30.7 Å². The molecule has 4 heteroatoms. The molecule has 0 spiro atoms. The first-order valence-electron chi connectivity index (χ1n) is 14.0. The number of aromatic nitrogens is 3. The third kappa shape index (κ3) is 4.11. The Morgan fingerprint density at radius 2 is 1.10 bits per heavy atom. The van der Waals surface area contributed by atoms with Crippen molar-refractivity contribution in [1.29, 1.82) is 0 Å². The van der Waals surface area contributed by atoms with Gasteiger partial charge in [-0.15, -0.1) is 0 Å².